The van der Waals surface area contributed by atoms with Gasteiger partial charge in [0, 0.05) is 21.9 Å². The molecule has 1 saturated heterocycles. The summed E-state index contributed by atoms with van der Waals surface area (Å²) in [6.45, 7) is 0.560. The van der Waals surface area contributed by atoms with E-state index in [0.717, 1.165) is 26.4 Å². The zero-order valence-corrected chi connectivity index (χ0v) is 12.8. The lowest BCUT2D eigenvalue weighted by molar-refractivity contribution is -0.121. The van der Waals surface area contributed by atoms with Crippen LogP contribution in [-0.4, -0.2) is 17.6 Å². The maximum Gasteiger partial charge on any atom is 0.251 e. The summed E-state index contributed by atoms with van der Waals surface area (Å²) in [6, 6.07) is 9.67. The number of fused-ring (bicyclic) bond motifs is 1. The third-order valence-corrected chi connectivity index (χ3v) is 4.96. The molecule has 6 heteroatoms. The van der Waals surface area contributed by atoms with Crippen molar-refractivity contribution in [2.45, 2.75) is 13.0 Å². The summed E-state index contributed by atoms with van der Waals surface area (Å²) in [4.78, 5) is 36.4. The van der Waals surface area contributed by atoms with Crippen LogP contribution in [0.4, 0.5) is 0 Å². The summed E-state index contributed by atoms with van der Waals surface area (Å²) in [7, 11) is 0. The summed E-state index contributed by atoms with van der Waals surface area (Å²) >= 11 is 1.54. The van der Waals surface area contributed by atoms with Gasteiger partial charge in [-0.05, 0) is 41.5 Å². The van der Waals surface area contributed by atoms with Crippen LogP contribution in [0.25, 0.3) is 16.5 Å². The first-order chi connectivity index (χ1) is 11.1. The van der Waals surface area contributed by atoms with Gasteiger partial charge in [0.1, 0.15) is 0 Å². The lowest BCUT2D eigenvalue weighted by Gasteiger charge is -2.00. The molecule has 0 bridgehead atoms. The second-order valence-corrected chi connectivity index (χ2v) is 6.58. The van der Waals surface area contributed by atoms with E-state index in [4.69, 9.17) is 0 Å². The Morgan fingerprint density at radius 1 is 1.09 bits per heavy atom. The topological polar surface area (TPSA) is 75.3 Å². The Balaban J connectivity index is 1.64. The molecule has 4 rings (SSSR count). The molecular weight excluding hydrogens is 312 g/mol. The van der Waals surface area contributed by atoms with Gasteiger partial charge < -0.3 is 10.6 Å². The smallest absolute Gasteiger partial charge is 0.251 e. The van der Waals surface area contributed by atoms with Crippen LogP contribution in [-0.2, 0) is 16.1 Å². The zero-order valence-electron chi connectivity index (χ0n) is 12.0. The van der Waals surface area contributed by atoms with Gasteiger partial charge in [0.05, 0.1) is 12.1 Å². The summed E-state index contributed by atoms with van der Waals surface area (Å²) in [5.41, 5.74) is 3.12. The van der Waals surface area contributed by atoms with Gasteiger partial charge in [-0.15, -0.1) is 11.3 Å². The van der Waals surface area contributed by atoms with Crippen molar-refractivity contribution >= 4 is 35.0 Å². The average molecular weight is 324 g/mol. The standard InChI is InChI=1S/C17H12N2O3S/c20-14-7-16(21)19-13(14)6-11-2-4-15(23-11)9-1-3-12-10(5-9)8-18-17(12)22/h1-6H,7-8H2,(H,18,22)(H,19,21)/b13-6+. The largest absolute Gasteiger partial charge is 0.348 e. The molecule has 0 radical (unpaired) electrons. The Hall–Kier alpha value is -2.73. The van der Waals surface area contributed by atoms with Gasteiger partial charge in [-0.3, -0.25) is 14.4 Å². The SMILES string of the molecule is O=C1CC(=O)/C(=C\c2ccc(-c3ccc4c(c3)CNC4=O)s2)N1. The molecule has 0 spiro atoms. The Morgan fingerprint density at radius 3 is 2.74 bits per heavy atom. The van der Waals surface area contributed by atoms with E-state index in [-0.39, 0.29) is 24.0 Å². The Morgan fingerprint density at radius 2 is 1.96 bits per heavy atom. The number of hydrogen-bond donors (Lipinski definition) is 2. The number of benzene rings is 1. The van der Waals surface area contributed by atoms with Gasteiger partial charge in [-0.2, -0.15) is 0 Å². The van der Waals surface area contributed by atoms with Crippen LogP contribution in [0.2, 0.25) is 0 Å². The molecule has 3 heterocycles. The number of hydrogen-bond acceptors (Lipinski definition) is 4. The number of thiophene rings is 1. The molecule has 114 valence electrons. The number of Topliss-reactive ketones (excluding diaryl/α,β-unsaturated/α-hetero) is 1. The normalized spacial score (nSPS) is 18.3. The first-order valence-electron chi connectivity index (χ1n) is 7.16. The van der Waals surface area contributed by atoms with E-state index in [1.807, 2.05) is 30.3 Å². The Labute approximate surface area is 136 Å². The van der Waals surface area contributed by atoms with Crippen LogP contribution in [0.5, 0.6) is 0 Å². The second-order valence-electron chi connectivity index (χ2n) is 5.46. The number of carbonyl (C=O) groups excluding carboxylic acids is 3. The van der Waals surface area contributed by atoms with Crippen LogP contribution in [0.1, 0.15) is 27.2 Å². The second kappa shape index (κ2) is 5.17. The van der Waals surface area contributed by atoms with Crippen molar-refractivity contribution in [1.82, 2.24) is 10.6 Å². The van der Waals surface area contributed by atoms with Crippen LogP contribution in [0, 0.1) is 0 Å². The third-order valence-electron chi connectivity index (χ3n) is 3.88. The minimum Gasteiger partial charge on any atom is -0.348 e. The van der Waals surface area contributed by atoms with Gasteiger partial charge in [0.15, 0.2) is 5.78 Å². The zero-order chi connectivity index (χ0) is 16.0. The van der Waals surface area contributed by atoms with Crippen LogP contribution >= 0.6 is 11.3 Å². The van der Waals surface area contributed by atoms with Gasteiger partial charge in [-0.25, -0.2) is 0 Å². The fourth-order valence-electron chi connectivity index (χ4n) is 2.74. The fourth-order valence-corrected chi connectivity index (χ4v) is 3.68. The third kappa shape index (κ3) is 2.47. The van der Waals surface area contributed by atoms with Crippen LogP contribution in [0.15, 0.2) is 36.0 Å². The van der Waals surface area contributed by atoms with Crippen molar-refractivity contribution in [3.8, 4) is 10.4 Å². The van der Waals surface area contributed by atoms with Gasteiger partial charge >= 0.3 is 0 Å². The van der Waals surface area contributed by atoms with E-state index >= 15 is 0 Å². The first-order valence-corrected chi connectivity index (χ1v) is 7.98. The van der Waals surface area contributed by atoms with Crippen molar-refractivity contribution in [3.05, 3.63) is 52.0 Å². The fraction of sp³-hybridized carbons (Fsp3) is 0.118. The number of nitrogens with one attached hydrogen (secondary N) is 2. The molecule has 0 saturated carbocycles. The summed E-state index contributed by atoms with van der Waals surface area (Å²) < 4.78 is 0. The number of rotatable bonds is 2. The molecule has 2 aliphatic rings. The molecule has 2 aromatic rings. The van der Waals surface area contributed by atoms with E-state index in [0.29, 0.717) is 12.2 Å². The molecule has 2 amide bonds. The number of amides is 2. The van der Waals surface area contributed by atoms with Crippen LogP contribution in [0.3, 0.4) is 0 Å². The van der Waals surface area contributed by atoms with Gasteiger partial charge in [0.2, 0.25) is 5.91 Å². The van der Waals surface area contributed by atoms with Crippen molar-refractivity contribution < 1.29 is 14.4 Å². The highest BCUT2D eigenvalue weighted by Gasteiger charge is 2.24. The summed E-state index contributed by atoms with van der Waals surface area (Å²) in [5.74, 6) is -0.459. The highest BCUT2D eigenvalue weighted by Crippen LogP contribution is 2.32. The quantitative estimate of drug-likeness (QED) is 0.656. The number of carbonyl (C=O) groups is 3. The molecule has 1 fully saturated rings. The van der Waals surface area contributed by atoms with Gasteiger partial charge in [0.25, 0.3) is 5.91 Å². The predicted molar refractivity (Wildman–Crippen MR) is 86.7 cm³/mol. The van der Waals surface area contributed by atoms with Crippen LogP contribution < -0.4 is 10.6 Å². The van der Waals surface area contributed by atoms with E-state index in [1.165, 1.54) is 11.3 Å². The van der Waals surface area contributed by atoms with Gasteiger partial charge in [-0.1, -0.05) is 6.07 Å². The molecule has 5 nitrogen and oxygen atoms in total. The van der Waals surface area contributed by atoms with Crippen molar-refractivity contribution in [2.75, 3.05) is 0 Å². The molecule has 1 aromatic heterocycles. The Kier molecular flexibility index (Phi) is 3.12. The monoisotopic (exact) mass is 324 g/mol. The molecule has 23 heavy (non-hydrogen) atoms. The van der Waals surface area contributed by atoms with Crippen molar-refractivity contribution in [3.63, 3.8) is 0 Å². The molecule has 0 atom stereocenters. The lowest BCUT2D eigenvalue weighted by atomic mass is 10.1. The van der Waals surface area contributed by atoms with E-state index in [1.54, 1.807) is 6.08 Å². The van der Waals surface area contributed by atoms with E-state index in [9.17, 15) is 14.4 Å². The lowest BCUT2D eigenvalue weighted by Crippen LogP contribution is -2.12. The molecule has 2 aliphatic heterocycles. The molecular formula is C17H12N2O3S. The maximum atomic E-state index is 11.6. The minimum absolute atomic E-state index is 0.0290. The Bertz CT molecular complexity index is 895. The predicted octanol–water partition coefficient (Wildman–Crippen LogP) is 2.09. The van der Waals surface area contributed by atoms with E-state index in [2.05, 4.69) is 10.6 Å². The summed E-state index contributed by atoms with van der Waals surface area (Å²) in [6.07, 6.45) is 1.63. The van der Waals surface area contributed by atoms with Crippen molar-refractivity contribution in [2.24, 2.45) is 0 Å². The molecule has 0 unspecified atom stereocenters. The number of allylic oxidation sites excluding steroid dienone is 1. The highest BCUT2D eigenvalue weighted by atomic mass is 32.1. The van der Waals surface area contributed by atoms with E-state index < -0.39 is 0 Å². The first kappa shape index (κ1) is 13.9. The number of ketones is 1. The molecule has 2 N–H and O–H groups in total. The molecule has 0 aliphatic carbocycles. The molecule has 1 aromatic carbocycles. The summed E-state index contributed by atoms with van der Waals surface area (Å²) in [5, 5.41) is 5.38. The maximum absolute atomic E-state index is 11.6. The van der Waals surface area contributed by atoms with Crippen molar-refractivity contribution in [1.29, 1.82) is 0 Å². The average Bonchev–Trinajstić information content (AvgIpc) is 3.21. The minimum atomic E-state index is -0.256. The highest BCUT2D eigenvalue weighted by molar-refractivity contribution is 7.16.